The van der Waals surface area contributed by atoms with Crippen LogP contribution in [0.3, 0.4) is 0 Å². The molecule has 0 radical (unpaired) electrons. The van der Waals surface area contributed by atoms with Crippen LogP contribution >= 0.6 is 0 Å². The number of aromatic nitrogens is 1. The Morgan fingerprint density at radius 2 is 1.71 bits per heavy atom. The number of pyridine rings is 1. The summed E-state index contributed by atoms with van der Waals surface area (Å²) in [4.78, 5) is 4.37. The van der Waals surface area contributed by atoms with Crippen molar-refractivity contribution in [2.75, 3.05) is 0 Å². The van der Waals surface area contributed by atoms with E-state index in [0.717, 1.165) is 16.8 Å². The van der Waals surface area contributed by atoms with Crippen LogP contribution in [0.25, 0.3) is 11.3 Å². The summed E-state index contributed by atoms with van der Waals surface area (Å²) >= 11 is 0. The summed E-state index contributed by atoms with van der Waals surface area (Å²) in [5, 5.41) is 0. The molecule has 0 aliphatic carbocycles. The van der Waals surface area contributed by atoms with Gasteiger partial charge in [-0.1, -0.05) is 50.2 Å². The molecule has 2 aromatic carbocycles. The molecule has 0 amide bonds. The molecule has 24 heavy (non-hydrogen) atoms. The molecule has 0 unspecified atom stereocenters. The third-order valence-corrected chi connectivity index (χ3v) is 3.44. The van der Waals surface area contributed by atoms with Crippen LogP contribution in [0.15, 0.2) is 66.9 Å². The van der Waals surface area contributed by atoms with Crippen LogP contribution in [0, 0.1) is 12.7 Å². The summed E-state index contributed by atoms with van der Waals surface area (Å²) in [6.07, 6.45) is 1.76. The highest BCUT2D eigenvalue weighted by Gasteiger charge is 2.03. The van der Waals surface area contributed by atoms with Crippen LogP contribution in [0.2, 0.25) is 0 Å². The summed E-state index contributed by atoms with van der Waals surface area (Å²) in [5.74, 6) is 0.276. The number of benzene rings is 2. The molecule has 0 aliphatic heterocycles. The highest BCUT2D eigenvalue weighted by molar-refractivity contribution is 5.59. The van der Waals surface area contributed by atoms with Gasteiger partial charge in [0.1, 0.15) is 18.2 Å². The van der Waals surface area contributed by atoms with E-state index in [9.17, 15) is 4.39 Å². The van der Waals surface area contributed by atoms with Crippen molar-refractivity contribution in [2.24, 2.45) is 0 Å². The number of nitrogens with zero attached hydrogens (tertiary/aromatic N) is 1. The van der Waals surface area contributed by atoms with Crippen molar-refractivity contribution in [3.8, 4) is 17.0 Å². The Morgan fingerprint density at radius 3 is 2.42 bits per heavy atom. The second kappa shape index (κ2) is 8.82. The fraction of sp³-hybridized carbons (Fsp3) is 0.190. The molecule has 0 saturated heterocycles. The molecule has 0 saturated carbocycles. The van der Waals surface area contributed by atoms with Crippen molar-refractivity contribution in [1.29, 1.82) is 0 Å². The first-order valence-electron chi connectivity index (χ1n) is 8.12. The number of rotatable bonds is 4. The Morgan fingerprint density at radius 1 is 0.958 bits per heavy atom. The van der Waals surface area contributed by atoms with Crippen LogP contribution in [0.4, 0.5) is 4.39 Å². The van der Waals surface area contributed by atoms with Gasteiger partial charge in [0.05, 0.1) is 5.69 Å². The van der Waals surface area contributed by atoms with Crippen molar-refractivity contribution in [3.05, 3.63) is 83.8 Å². The van der Waals surface area contributed by atoms with Gasteiger partial charge in [0.2, 0.25) is 0 Å². The van der Waals surface area contributed by atoms with E-state index in [1.807, 2.05) is 56.3 Å². The number of ether oxygens (including phenoxy) is 1. The lowest BCUT2D eigenvalue weighted by Gasteiger charge is -2.08. The number of aryl methyl sites for hydroxylation is 1. The monoisotopic (exact) mass is 323 g/mol. The molecule has 0 bridgehead atoms. The Kier molecular flexibility index (Phi) is 6.50. The number of hydrogen-bond donors (Lipinski definition) is 0. The minimum absolute atomic E-state index is 0.253. The van der Waals surface area contributed by atoms with E-state index in [-0.39, 0.29) is 5.82 Å². The maximum atomic E-state index is 13.5. The van der Waals surface area contributed by atoms with Crippen molar-refractivity contribution in [2.45, 2.75) is 27.4 Å². The van der Waals surface area contributed by atoms with Crippen LogP contribution in [0.1, 0.15) is 25.0 Å². The zero-order valence-electron chi connectivity index (χ0n) is 14.3. The van der Waals surface area contributed by atoms with Gasteiger partial charge in [0, 0.05) is 17.8 Å². The van der Waals surface area contributed by atoms with E-state index in [1.54, 1.807) is 25.3 Å². The molecule has 124 valence electrons. The molecule has 0 atom stereocenters. The van der Waals surface area contributed by atoms with Gasteiger partial charge < -0.3 is 4.74 Å². The Hall–Kier alpha value is -2.68. The van der Waals surface area contributed by atoms with E-state index in [2.05, 4.69) is 4.98 Å². The van der Waals surface area contributed by atoms with Gasteiger partial charge in [0.25, 0.3) is 0 Å². The predicted octanol–water partition coefficient (Wildman–Crippen LogP) is 5.80. The molecule has 0 N–H and O–H groups in total. The summed E-state index contributed by atoms with van der Waals surface area (Å²) in [6, 6.07) is 18.8. The van der Waals surface area contributed by atoms with E-state index in [0.29, 0.717) is 17.9 Å². The van der Waals surface area contributed by atoms with Crippen molar-refractivity contribution < 1.29 is 9.13 Å². The standard InChI is InChI=1S/C19H16FNO.C2H6/c1-14-7-8-17(12-18(14)20)22-13-15-9-10-21-19(11-15)16-5-3-2-4-6-16;1-2/h2-12H,13H2,1H3;1-2H3. The lowest BCUT2D eigenvalue weighted by Crippen LogP contribution is -1.97. The Balaban J connectivity index is 0.00000100. The zero-order chi connectivity index (χ0) is 17.4. The molecule has 0 spiro atoms. The van der Waals surface area contributed by atoms with Crippen LogP contribution in [-0.2, 0) is 6.61 Å². The molecule has 0 aliphatic rings. The average Bonchev–Trinajstić information content (AvgIpc) is 2.65. The molecule has 3 heteroatoms. The molecule has 1 aromatic heterocycles. The second-order valence-electron chi connectivity index (χ2n) is 5.12. The summed E-state index contributed by atoms with van der Waals surface area (Å²) < 4.78 is 19.2. The molecular weight excluding hydrogens is 301 g/mol. The Labute approximate surface area is 143 Å². The van der Waals surface area contributed by atoms with Gasteiger partial charge in [-0.15, -0.1) is 0 Å². The van der Waals surface area contributed by atoms with Crippen LogP contribution in [0.5, 0.6) is 5.75 Å². The summed E-state index contributed by atoms with van der Waals surface area (Å²) in [6.45, 7) is 6.11. The highest BCUT2D eigenvalue weighted by Crippen LogP contribution is 2.20. The topological polar surface area (TPSA) is 22.1 Å². The molecule has 3 aromatic rings. The van der Waals surface area contributed by atoms with Gasteiger partial charge in [0.15, 0.2) is 0 Å². The average molecular weight is 323 g/mol. The fourth-order valence-corrected chi connectivity index (χ4v) is 2.16. The second-order valence-corrected chi connectivity index (χ2v) is 5.12. The molecular formula is C21H22FNO. The quantitative estimate of drug-likeness (QED) is 0.605. The van der Waals surface area contributed by atoms with Crippen LogP contribution in [-0.4, -0.2) is 4.98 Å². The van der Waals surface area contributed by atoms with Crippen molar-refractivity contribution in [3.63, 3.8) is 0 Å². The zero-order valence-corrected chi connectivity index (χ0v) is 14.3. The summed E-state index contributed by atoms with van der Waals surface area (Å²) in [5.41, 5.74) is 3.57. The van der Waals surface area contributed by atoms with Gasteiger partial charge >= 0.3 is 0 Å². The smallest absolute Gasteiger partial charge is 0.129 e. The molecule has 0 fully saturated rings. The molecule has 2 nitrogen and oxygen atoms in total. The fourth-order valence-electron chi connectivity index (χ4n) is 2.16. The third kappa shape index (κ3) is 4.66. The third-order valence-electron chi connectivity index (χ3n) is 3.44. The maximum absolute atomic E-state index is 13.5. The van der Waals surface area contributed by atoms with E-state index in [4.69, 9.17) is 4.74 Å². The minimum atomic E-state index is -0.253. The largest absolute Gasteiger partial charge is 0.489 e. The van der Waals surface area contributed by atoms with Crippen molar-refractivity contribution >= 4 is 0 Å². The summed E-state index contributed by atoms with van der Waals surface area (Å²) in [7, 11) is 0. The Bertz CT molecular complexity index is 772. The first kappa shape index (κ1) is 17.7. The van der Waals surface area contributed by atoms with E-state index in [1.165, 1.54) is 6.07 Å². The first-order chi connectivity index (χ1) is 11.7. The normalized spacial score (nSPS) is 9.83. The van der Waals surface area contributed by atoms with Crippen LogP contribution < -0.4 is 4.74 Å². The number of hydrogen-bond acceptors (Lipinski definition) is 2. The van der Waals surface area contributed by atoms with Crippen molar-refractivity contribution in [1.82, 2.24) is 4.98 Å². The van der Waals surface area contributed by atoms with E-state index < -0.39 is 0 Å². The number of halogens is 1. The SMILES string of the molecule is CC.Cc1ccc(OCc2ccnc(-c3ccccc3)c2)cc1F. The van der Waals surface area contributed by atoms with Gasteiger partial charge in [-0.25, -0.2) is 4.39 Å². The lowest BCUT2D eigenvalue weighted by molar-refractivity contribution is 0.304. The van der Waals surface area contributed by atoms with Gasteiger partial charge in [-0.3, -0.25) is 4.98 Å². The minimum Gasteiger partial charge on any atom is -0.489 e. The van der Waals surface area contributed by atoms with Gasteiger partial charge in [-0.2, -0.15) is 0 Å². The first-order valence-corrected chi connectivity index (χ1v) is 8.12. The molecule has 1 heterocycles. The maximum Gasteiger partial charge on any atom is 0.129 e. The lowest BCUT2D eigenvalue weighted by atomic mass is 10.1. The molecule has 3 rings (SSSR count). The van der Waals surface area contributed by atoms with E-state index >= 15 is 0 Å². The highest BCUT2D eigenvalue weighted by atomic mass is 19.1. The van der Waals surface area contributed by atoms with Gasteiger partial charge in [-0.05, 0) is 36.2 Å². The predicted molar refractivity (Wildman–Crippen MR) is 96.5 cm³/mol.